The summed E-state index contributed by atoms with van der Waals surface area (Å²) in [4.78, 5) is 2.25. The van der Waals surface area contributed by atoms with E-state index in [2.05, 4.69) is 11.9 Å². The van der Waals surface area contributed by atoms with E-state index in [-0.39, 0.29) is 12.0 Å². The van der Waals surface area contributed by atoms with Gasteiger partial charge in [-0.1, -0.05) is 0 Å². The number of hydrogen-bond acceptors (Lipinski definition) is 4. The Morgan fingerprint density at radius 3 is 2.87 bits per heavy atom. The lowest BCUT2D eigenvalue weighted by atomic mass is 9.88. The third-order valence-electron chi connectivity index (χ3n) is 3.01. The Labute approximate surface area is 92.2 Å². The summed E-state index contributed by atoms with van der Waals surface area (Å²) in [7, 11) is 3.81. The minimum atomic E-state index is -0.0260. The number of ether oxygens (including phenoxy) is 2. The molecule has 0 aromatic heterocycles. The molecule has 1 unspecified atom stereocenters. The van der Waals surface area contributed by atoms with Gasteiger partial charge in [-0.2, -0.15) is 0 Å². The minimum absolute atomic E-state index is 0.0260. The molecule has 0 aromatic rings. The topological polar surface area (TPSA) is 41.9 Å². The van der Waals surface area contributed by atoms with Crippen LogP contribution < -0.4 is 0 Å². The van der Waals surface area contributed by atoms with E-state index in [9.17, 15) is 5.11 Å². The van der Waals surface area contributed by atoms with Crippen molar-refractivity contribution in [3.8, 4) is 0 Å². The summed E-state index contributed by atoms with van der Waals surface area (Å²) >= 11 is 0. The molecule has 4 nitrogen and oxygen atoms in total. The van der Waals surface area contributed by atoms with Gasteiger partial charge >= 0.3 is 0 Å². The Morgan fingerprint density at radius 1 is 1.53 bits per heavy atom. The highest BCUT2D eigenvalue weighted by Gasteiger charge is 2.35. The number of methoxy groups -OCH3 is 1. The van der Waals surface area contributed by atoms with Crippen molar-refractivity contribution in [3.05, 3.63) is 0 Å². The second kappa shape index (κ2) is 6.43. The number of aliphatic hydroxyl groups is 1. The van der Waals surface area contributed by atoms with E-state index in [1.807, 2.05) is 0 Å². The monoisotopic (exact) mass is 217 g/mol. The van der Waals surface area contributed by atoms with E-state index < -0.39 is 0 Å². The minimum Gasteiger partial charge on any atom is -0.396 e. The van der Waals surface area contributed by atoms with E-state index in [0.717, 1.165) is 39.1 Å². The standard InChI is InChI=1S/C11H23NO3/c1-12(5-3-6-14-2)8-11(9-13)4-7-15-10-11/h13H,3-10H2,1-2H3. The number of nitrogens with zero attached hydrogens (tertiary/aromatic N) is 1. The van der Waals surface area contributed by atoms with Crippen LogP contribution in [-0.2, 0) is 9.47 Å². The van der Waals surface area contributed by atoms with Crippen molar-refractivity contribution < 1.29 is 14.6 Å². The van der Waals surface area contributed by atoms with Gasteiger partial charge in [-0.05, 0) is 19.9 Å². The fraction of sp³-hybridized carbons (Fsp3) is 1.00. The van der Waals surface area contributed by atoms with Crippen LogP contribution in [0.1, 0.15) is 12.8 Å². The van der Waals surface area contributed by atoms with E-state index in [1.54, 1.807) is 7.11 Å². The highest BCUT2D eigenvalue weighted by atomic mass is 16.5. The van der Waals surface area contributed by atoms with Crippen LogP contribution >= 0.6 is 0 Å². The van der Waals surface area contributed by atoms with Gasteiger partial charge in [0, 0.05) is 38.8 Å². The average Bonchev–Trinajstić information content (AvgIpc) is 2.67. The third kappa shape index (κ3) is 4.07. The zero-order valence-corrected chi connectivity index (χ0v) is 9.87. The average molecular weight is 217 g/mol. The van der Waals surface area contributed by atoms with Gasteiger partial charge in [-0.25, -0.2) is 0 Å². The molecular weight excluding hydrogens is 194 g/mol. The first-order chi connectivity index (χ1) is 7.22. The molecule has 1 saturated heterocycles. The molecule has 0 spiro atoms. The van der Waals surface area contributed by atoms with Crippen LogP contribution in [0.2, 0.25) is 0 Å². The number of hydrogen-bond donors (Lipinski definition) is 1. The van der Waals surface area contributed by atoms with Gasteiger partial charge in [0.2, 0.25) is 0 Å². The van der Waals surface area contributed by atoms with Gasteiger partial charge in [0.05, 0.1) is 13.2 Å². The maximum Gasteiger partial charge on any atom is 0.0557 e. The summed E-state index contributed by atoms with van der Waals surface area (Å²) in [6.07, 6.45) is 2.01. The van der Waals surface area contributed by atoms with E-state index in [4.69, 9.17) is 9.47 Å². The fourth-order valence-electron chi connectivity index (χ4n) is 2.08. The molecule has 1 rings (SSSR count). The van der Waals surface area contributed by atoms with E-state index in [1.165, 1.54) is 0 Å². The molecule has 90 valence electrons. The lowest BCUT2D eigenvalue weighted by molar-refractivity contribution is 0.0617. The number of aliphatic hydroxyl groups excluding tert-OH is 1. The van der Waals surface area contributed by atoms with Crippen molar-refractivity contribution in [1.82, 2.24) is 4.90 Å². The van der Waals surface area contributed by atoms with Gasteiger partial charge in [-0.3, -0.25) is 0 Å². The molecule has 0 saturated carbocycles. The summed E-state index contributed by atoms with van der Waals surface area (Å²) in [6.45, 7) is 4.42. The van der Waals surface area contributed by atoms with Gasteiger partial charge < -0.3 is 19.5 Å². The van der Waals surface area contributed by atoms with Crippen LogP contribution in [0.3, 0.4) is 0 Å². The Hall–Kier alpha value is -0.160. The lowest BCUT2D eigenvalue weighted by Gasteiger charge is -2.30. The Balaban J connectivity index is 2.25. The fourth-order valence-corrected chi connectivity index (χ4v) is 2.08. The zero-order chi connectivity index (χ0) is 11.1. The second-order valence-electron chi connectivity index (χ2n) is 4.54. The molecule has 4 heteroatoms. The predicted octanol–water partition coefficient (Wildman–Crippen LogP) is 0.354. The van der Waals surface area contributed by atoms with Crippen molar-refractivity contribution in [2.45, 2.75) is 12.8 Å². The first kappa shape index (κ1) is 12.9. The highest BCUT2D eigenvalue weighted by Crippen LogP contribution is 2.28. The molecule has 1 fully saturated rings. The van der Waals surface area contributed by atoms with Crippen LogP contribution in [0, 0.1) is 5.41 Å². The van der Waals surface area contributed by atoms with Gasteiger partial charge in [0.25, 0.3) is 0 Å². The highest BCUT2D eigenvalue weighted by molar-refractivity contribution is 4.85. The Kier molecular flexibility index (Phi) is 5.53. The quantitative estimate of drug-likeness (QED) is 0.625. The Morgan fingerprint density at radius 2 is 2.33 bits per heavy atom. The molecule has 0 radical (unpaired) electrons. The molecule has 1 aliphatic heterocycles. The van der Waals surface area contributed by atoms with Crippen molar-refractivity contribution in [2.24, 2.45) is 5.41 Å². The van der Waals surface area contributed by atoms with Crippen LogP contribution in [0.5, 0.6) is 0 Å². The normalized spacial score (nSPS) is 26.4. The third-order valence-corrected chi connectivity index (χ3v) is 3.01. The van der Waals surface area contributed by atoms with Gasteiger partial charge in [0.15, 0.2) is 0 Å². The summed E-state index contributed by atoms with van der Waals surface area (Å²) in [5.41, 5.74) is -0.0260. The molecule has 1 atom stereocenters. The lowest BCUT2D eigenvalue weighted by Crippen LogP contribution is -2.39. The largest absolute Gasteiger partial charge is 0.396 e. The van der Waals surface area contributed by atoms with Gasteiger partial charge in [-0.15, -0.1) is 0 Å². The van der Waals surface area contributed by atoms with Crippen molar-refractivity contribution in [3.63, 3.8) is 0 Å². The molecule has 1 N–H and O–H groups in total. The van der Waals surface area contributed by atoms with Crippen LogP contribution in [-0.4, -0.2) is 63.7 Å². The molecule has 0 amide bonds. The predicted molar refractivity (Wildman–Crippen MR) is 58.9 cm³/mol. The van der Waals surface area contributed by atoms with Gasteiger partial charge in [0.1, 0.15) is 0 Å². The molecule has 1 aliphatic rings. The maximum absolute atomic E-state index is 9.41. The van der Waals surface area contributed by atoms with Crippen molar-refractivity contribution in [2.75, 3.05) is 53.7 Å². The molecule has 15 heavy (non-hydrogen) atoms. The molecule has 1 heterocycles. The van der Waals surface area contributed by atoms with Crippen LogP contribution in [0.25, 0.3) is 0 Å². The number of rotatable bonds is 7. The Bertz CT molecular complexity index is 169. The summed E-state index contributed by atoms with van der Waals surface area (Å²) in [5, 5.41) is 9.41. The van der Waals surface area contributed by atoms with Crippen molar-refractivity contribution in [1.29, 1.82) is 0 Å². The second-order valence-corrected chi connectivity index (χ2v) is 4.54. The molecule has 0 aliphatic carbocycles. The molecule has 0 bridgehead atoms. The summed E-state index contributed by atoms with van der Waals surface area (Å²) < 4.78 is 10.4. The summed E-state index contributed by atoms with van der Waals surface area (Å²) in [5.74, 6) is 0. The van der Waals surface area contributed by atoms with E-state index >= 15 is 0 Å². The van der Waals surface area contributed by atoms with E-state index in [0.29, 0.717) is 6.61 Å². The SMILES string of the molecule is COCCCN(C)CC1(CO)CCOC1. The first-order valence-electron chi connectivity index (χ1n) is 5.58. The first-order valence-corrected chi connectivity index (χ1v) is 5.58. The van der Waals surface area contributed by atoms with Crippen LogP contribution in [0.4, 0.5) is 0 Å². The zero-order valence-electron chi connectivity index (χ0n) is 9.87. The molecule has 0 aromatic carbocycles. The smallest absolute Gasteiger partial charge is 0.0557 e. The summed E-state index contributed by atoms with van der Waals surface area (Å²) in [6, 6.07) is 0. The van der Waals surface area contributed by atoms with Crippen molar-refractivity contribution >= 4 is 0 Å². The maximum atomic E-state index is 9.41. The van der Waals surface area contributed by atoms with Crippen LogP contribution in [0.15, 0.2) is 0 Å². The molecular formula is C11H23NO3.